The van der Waals surface area contributed by atoms with Crippen molar-refractivity contribution in [1.29, 1.82) is 0 Å². The Bertz CT molecular complexity index is 439. The minimum Gasteiger partial charge on any atom is -0.299 e. The fourth-order valence-corrected chi connectivity index (χ4v) is 3.33. The molecule has 0 radical (unpaired) electrons. The number of rotatable bonds is 5. The number of barbiturate groups is 1. The average Bonchev–Trinajstić information content (AvgIpc) is 2.99. The first-order valence-electron chi connectivity index (χ1n) is 7.87. The summed E-state index contributed by atoms with van der Waals surface area (Å²) < 4.78 is 0. The van der Waals surface area contributed by atoms with E-state index in [2.05, 4.69) is 10.2 Å². The molecule has 1 unspecified atom stereocenters. The van der Waals surface area contributed by atoms with E-state index in [1.807, 2.05) is 20.8 Å². The van der Waals surface area contributed by atoms with Gasteiger partial charge in [-0.2, -0.15) is 0 Å². The van der Waals surface area contributed by atoms with Crippen molar-refractivity contribution in [2.75, 3.05) is 19.6 Å². The molecule has 0 aromatic carbocycles. The molecule has 4 amide bonds. The van der Waals surface area contributed by atoms with Gasteiger partial charge in [-0.3, -0.25) is 24.7 Å². The quantitative estimate of drug-likeness (QED) is 0.777. The van der Waals surface area contributed by atoms with Crippen molar-refractivity contribution in [3.63, 3.8) is 0 Å². The second kappa shape index (κ2) is 6.13. The predicted molar refractivity (Wildman–Crippen MR) is 78.5 cm³/mol. The van der Waals surface area contributed by atoms with Crippen LogP contribution in [0, 0.1) is 5.41 Å². The van der Waals surface area contributed by atoms with Crippen LogP contribution in [0.5, 0.6) is 0 Å². The number of likely N-dealkylation sites (tertiary alicyclic amines) is 1. The summed E-state index contributed by atoms with van der Waals surface area (Å²) in [6, 6.07) is -0.449. The highest BCUT2D eigenvalue weighted by Crippen LogP contribution is 2.32. The van der Waals surface area contributed by atoms with Crippen LogP contribution in [0.25, 0.3) is 0 Å². The molecule has 0 aromatic rings. The minimum atomic E-state index is -1.08. The summed E-state index contributed by atoms with van der Waals surface area (Å²) >= 11 is 0. The fourth-order valence-electron chi connectivity index (χ4n) is 3.33. The van der Waals surface area contributed by atoms with Gasteiger partial charge in [0.1, 0.15) is 5.41 Å². The molecule has 2 heterocycles. The van der Waals surface area contributed by atoms with E-state index in [0.29, 0.717) is 19.4 Å². The molecule has 2 aliphatic rings. The number of nitrogens with zero attached hydrogens (tertiary/aromatic N) is 2. The molecule has 2 aliphatic heterocycles. The summed E-state index contributed by atoms with van der Waals surface area (Å²) in [6.07, 6.45) is 3.15. The van der Waals surface area contributed by atoms with Gasteiger partial charge in [-0.25, -0.2) is 4.79 Å². The van der Waals surface area contributed by atoms with Gasteiger partial charge >= 0.3 is 6.03 Å². The third-order valence-electron chi connectivity index (χ3n) is 4.97. The molecule has 2 rings (SSSR count). The van der Waals surface area contributed by atoms with Crippen LogP contribution in [0.15, 0.2) is 0 Å². The normalized spacial score (nSPS) is 24.3. The van der Waals surface area contributed by atoms with Gasteiger partial charge in [0.05, 0.1) is 0 Å². The number of imide groups is 2. The smallest absolute Gasteiger partial charge is 0.299 e. The van der Waals surface area contributed by atoms with Gasteiger partial charge in [-0.15, -0.1) is 0 Å². The maximum absolute atomic E-state index is 12.7. The SMILES string of the molecule is CCC1(CC)C(=O)NC(=O)N(CC(C)N2CCCC2)C1=O. The van der Waals surface area contributed by atoms with Gasteiger partial charge in [-0.1, -0.05) is 13.8 Å². The van der Waals surface area contributed by atoms with Gasteiger partial charge in [-0.05, 0) is 45.7 Å². The van der Waals surface area contributed by atoms with Gasteiger partial charge < -0.3 is 0 Å². The molecule has 0 aliphatic carbocycles. The van der Waals surface area contributed by atoms with Crippen molar-refractivity contribution in [1.82, 2.24) is 15.1 Å². The van der Waals surface area contributed by atoms with E-state index in [0.717, 1.165) is 25.9 Å². The van der Waals surface area contributed by atoms with E-state index in [9.17, 15) is 14.4 Å². The maximum Gasteiger partial charge on any atom is 0.330 e. The Kier molecular flexibility index (Phi) is 4.66. The Morgan fingerprint density at radius 1 is 1.14 bits per heavy atom. The van der Waals surface area contributed by atoms with Crippen LogP contribution in [0.3, 0.4) is 0 Å². The maximum atomic E-state index is 12.7. The summed E-state index contributed by atoms with van der Waals surface area (Å²) in [7, 11) is 0. The highest BCUT2D eigenvalue weighted by molar-refractivity contribution is 6.19. The van der Waals surface area contributed by atoms with Crippen LogP contribution in [0.2, 0.25) is 0 Å². The molecule has 21 heavy (non-hydrogen) atoms. The number of hydrogen-bond donors (Lipinski definition) is 1. The molecule has 6 nitrogen and oxygen atoms in total. The zero-order valence-electron chi connectivity index (χ0n) is 13.1. The average molecular weight is 295 g/mol. The van der Waals surface area contributed by atoms with E-state index >= 15 is 0 Å². The topological polar surface area (TPSA) is 69.7 Å². The minimum absolute atomic E-state index is 0.127. The van der Waals surface area contributed by atoms with Crippen LogP contribution in [0.4, 0.5) is 4.79 Å². The van der Waals surface area contributed by atoms with Gasteiger partial charge in [0, 0.05) is 12.6 Å². The molecule has 0 bridgehead atoms. The first kappa shape index (κ1) is 15.9. The molecule has 1 atom stereocenters. The number of nitrogens with one attached hydrogen (secondary N) is 1. The Morgan fingerprint density at radius 2 is 1.71 bits per heavy atom. The Morgan fingerprint density at radius 3 is 2.24 bits per heavy atom. The lowest BCUT2D eigenvalue weighted by Crippen LogP contribution is -2.65. The van der Waals surface area contributed by atoms with Crippen molar-refractivity contribution in [2.24, 2.45) is 5.41 Å². The van der Waals surface area contributed by atoms with Gasteiger partial charge in [0.25, 0.3) is 0 Å². The standard InChI is InChI=1S/C15H25N3O3/c1-4-15(5-2)12(19)16-14(21)18(13(15)20)10-11(3)17-8-6-7-9-17/h11H,4-10H2,1-3H3,(H,16,19,21). The van der Waals surface area contributed by atoms with Crippen molar-refractivity contribution >= 4 is 17.8 Å². The van der Waals surface area contributed by atoms with Crippen molar-refractivity contribution < 1.29 is 14.4 Å². The summed E-state index contributed by atoms with van der Waals surface area (Å²) in [5, 5.41) is 2.36. The third kappa shape index (κ3) is 2.69. The summed E-state index contributed by atoms with van der Waals surface area (Å²) in [4.78, 5) is 40.4. The lowest BCUT2D eigenvalue weighted by Gasteiger charge is -2.40. The fraction of sp³-hybridized carbons (Fsp3) is 0.800. The molecule has 0 aromatic heterocycles. The molecule has 0 saturated carbocycles. The monoisotopic (exact) mass is 295 g/mol. The van der Waals surface area contributed by atoms with Crippen molar-refractivity contribution in [2.45, 2.75) is 52.5 Å². The highest BCUT2D eigenvalue weighted by atomic mass is 16.2. The molecular weight excluding hydrogens is 270 g/mol. The van der Waals surface area contributed by atoms with E-state index in [-0.39, 0.29) is 11.9 Å². The van der Waals surface area contributed by atoms with Crippen molar-refractivity contribution in [3.8, 4) is 0 Å². The Hall–Kier alpha value is -1.43. The predicted octanol–water partition coefficient (Wildman–Crippen LogP) is 1.36. The highest BCUT2D eigenvalue weighted by Gasteiger charge is 2.51. The second-order valence-electron chi connectivity index (χ2n) is 6.06. The van der Waals surface area contributed by atoms with Crippen LogP contribution < -0.4 is 5.32 Å². The summed E-state index contributed by atoms with van der Waals surface area (Å²) in [5.74, 6) is -0.792. The first-order chi connectivity index (χ1) is 9.96. The van der Waals surface area contributed by atoms with Crippen LogP contribution >= 0.6 is 0 Å². The Labute approximate surface area is 125 Å². The second-order valence-corrected chi connectivity index (χ2v) is 6.06. The van der Waals surface area contributed by atoms with Gasteiger partial charge in [0.2, 0.25) is 11.8 Å². The lowest BCUT2D eigenvalue weighted by molar-refractivity contribution is -0.152. The van der Waals surface area contributed by atoms with Crippen LogP contribution in [0.1, 0.15) is 46.5 Å². The van der Waals surface area contributed by atoms with Crippen LogP contribution in [-0.2, 0) is 9.59 Å². The summed E-state index contributed by atoms with van der Waals surface area (Å²) in [5.41, 5.74) is -1.08. The third-order valence-corrected chi connectivity index (χ3v) is 4.97. The Balaban J connectivity index is 2.15. The number of amides is 4. The van der Waals surface area contributed by atoms with E-state index in [1.54, 1.807) is 0 Å². The molecular formula is C15H25N3O3. The largest absolute Gasteiger partial charge is 0.330 e. The lowest BCUT2D eigenvalue weighted by atomic mass is 9.78. The zero-order valence-corrected chi connectivity index (χ0v) is 13.1. The van der Waals surface area contributed by atoms with E-state index < -0.39 is 17.4 Å². The molecule has 2 saturated heterocycles. The molecule has 2 fully saturated rings. The molecule has 0 spiro atoms. The molecule has 1 N–H and O–H groups in total. The van der Waals surface area contributed by atoms with E-state index in [4.69, 9.17) is 0 Å². The van der Waals surface area contributed by atoms with Crippen LogP contribution in [-0.4, -0.2) is 53.3 Å². The zero-order chi connectivity index (χ0) is 15.6. The van der Waals surface area contributed by atoms with Crippen molar-refractivity contribution in [3.05, 3.63) is 0 Å². The van der Waals surface area contributed by atoms with Gasteiger partial charge in [0.15, 0.2) is 0 Å². The number of carbonyl (C=O) groups excluding carboxylic acids is 3. The number of carbonyl (C=O) groups is 3. The van der Waals surface area contributed by atoms with E-state index in [1.165, 1.54) is 4.90 Å². The summed E-state index contributed by atoms with van der Waals surface area (Å²) in [6.45, 7) is 8.03. The molecule has 118 valence electrons. The first-order valence-corrected chi connectivity index (χ1v) is 7.87. The molecule has 6 heteroatoms. The number of urea groups is 1. The number of hydrogen-bond acceptors (Lipinski definition) is 4.